The van der Waals surface area contributed by atoms with E-state index >= 15 is 0 Å². The number of carbonyl (C=O) groups is 1. The number of aromatic nitrogens is 2. The Balaban J connectivity index is 1.40. The molecule has 0 radical (unpaired) electrons. The third-order valence-electron chi connectivity index (χ3n) is 5.90. The monoisotopic (exact) mass is 475 g/mol. The van der Waals surface area contributed by atoms with Crippen LogP contribution >= 0.6 is 11.6 Å². The van der Waals surface area contributed by atoms with Crippen LogP contribution in [0.1, 0.15) is 54.5 Å². The van der Waals surface area contributed by atoms with Crippen molar-refractivity contribution >= 4 is 28.5 Å². The number of nitrogens with one attached hydrogen (secondary N) is 1. The molecule has 34 heavy (non-hydrogen) atoms. The number of fused-ring (bicyclic) bond motifs is 1. The SMILES string of the molecule is CCc1ccc(OCCCCn2c(C(C)NC(=O)c3ccc(Cl)cc3)nc3ccccc32)cc1. The zero-order valence-electron chi connectivity index (χ0n) is 19.6. The number of hydrogen-bond donors (Lipinski definition) is 1. The van der Waals surface area contributed by atoms with Crippen LogP contribution in [0.25, 0.3) is 11.0 Å². The van der Waals surface area contributed by atoms with Crippen molar-refractivity contribution in [2.75, 3.05) is 6.61 Å². The minimum Gasteiger partial charge on any atom is -0.494 e. The highest BCUT2D eigenvalue weighted by atomic mass is 35.5. The van der Waals surface area contributed by atoms with Crippen molar-refractivity contribution in [2.45, 2.75) is 45.7 Å². The number of para-hydroxylation sites is 2. The Morgan fingerprint density at radius 2 is 1.76 bits per heavy atom. The van der Waals surface area contributed by atoms with Crippen LogP contribution in [0, 0.1) is 0 Å². The van der Waals surface area contributed by atoms with Gasteiger partial charge in [-0.2, -0.15) is 0 Å². The number of carbonyl (C=O) groups excluding carboxylic acids is 1. The molecule has 0 bridgehead atoms. The molecular formula is C28H30ClN3O2. The summed E-state index contributed by atoms with van der Waals surface area (Å²) in [5.41, 5.74) is 3.88. The fraction of sp³-hybridized carbons (Fsp3) is 0.286. The summed E-state index contributed by atoms with van der Waals surface area (Å²) >= 11 is 5.95. The first-order chi connectivity index (χ1) is 16.5. The predicted octanol–water partition coefficient (Wildman–Crippen LogP) is 6.60. The summed E-state index contributed by atoms with van der Waals surface area (Å²) in [6.45, 7) is 5.58. The number of halogens is 1. The second-order valence-electron chi connectivity index (χ2n) is 8.37. The molecule has 4 rings (SSSR count). The maximum Gasteiger partial charge on any atom is 0.251 e. The molecule has 0 aliphatic heterocycles. The summed E-state index contributed by atoms with van der Waals surface area (Å²) < 4.78 is 8.12. The van der Waals surface area contributed by atoms with Crippen LogP contribution in [0.3, 0.4) is 0 Å². The van der Waals surface area contributed by atoms with E-state index in [1.165, 1.54) is 5.56 Å². The largest absolute Gasteiger partial charge is 0.494 e. The third kappa shape index (κ3) is 5.78. The number of nitrogens with zero attached hydrogens (tertiary/aromatic N) is 2. The number of aryl methyl sites for hydroxylation is 2. The van der Waals surface area contributed by atoms with E-state index in [9.17, 15) is 4.79 Å². The van der Waals surface area contributed by atoms with Crippen LogP contribution in [0.4, 0.5) is 0 Å². The number of ether oxygens (including phenoxy) is 1. The van der Waals surface area contributed by atoms with Crippen LogP contribution in [0.15, 0.2) is 72.8 Å². The molecule has 1 unspecified atom stereocenters. The summed E-state index contributed by atoms with van der Waals surface area (Å²) in [6.07, 6.45) is 2.89. The number of rotatable bonds is 10. The third-order valence-corrected chi connectivity index (χ3v) is 6.15. The van der Waals surface area contributed by atoms with Crippen molar-refractivity contribution in [3.05, 3.63) is 94.8 Å². The molecule has 1 aromatic heterocycles. The van der Waals surface area contributed by atoms with E-state index in [0.29, 0.717) is 17.2 Å². The molecule has 1 N–H and O–H groups in total. The summed E-state index contributed by atoms with van der Waals surface area (Å²) in [4.78, 5) is 17.6. The van der Waals surface area contributed by atoms with Gasteiger partial charge in [0.2, 0.25) is 0 Å². The van der Waals surface area contributed by atoms with Gasteiger partial charge in [0.15, 0.2) is 0 Å². The van der Waals surface area contributed by atoms with Crippen LogP contribution in [-0.4, -0.2) is 22.1 Å². The van der Waals surface area contributed by atoms with E-state index < -0.39 is 0 Å². The molecule has 1 amide bonds. The van der Waals surface area contributed by atoms with Gasteiger partial charge in [0, 0.05) is 17.1 Å². The van der Waals surface area contributed by atoms with Crippen molar-refractivity contribution in [3.63, 3.8) is 0 Å². The second kappa shape index (κ2) is 11.2. The maximum absolute atomic E-state index is 12.7. The van der Waals surface area contributed by atoms with Gasteiger partial charge >= 0.3 is 0 Å². The van der Waals surface area contributed by atoms with Gasteiger partial charge in [0.1, 0.15) is 11.6 Å². The van der Waals surface area contributed by atoms with Crippen molar-refractivity contribution in [1.82, 2.24) is 14.9 Å². The van der Waals surface area contributed by atoms with Crippen LogP contribution in [-0.2, 0) is 13.0 Å². The lowest BCUT2D eigenvalue weighted by Crippen LogP contribution is -2.28. The van der Waals surface area contributed by atoms with Crippen LogP contribution in [0.2, 0.25) is 5.02 Å². The highest BCUT2D eigenvalue weighted by Gasteiger charge is 2.19. The van der Waals surface area contributed by atoms with Crippen molar-refractivity contribution in [2.24, 2.45) is 0 Å². The summed E-state index contributed by atoms with van der Waals surface area (Å²) in [5, 5.41) is 3.68. The van der Waals surface area contributed by atoms with Gasteiger partial charge in [-0.25, -0.2) is 4.98 Å². The number of amides is 1. The highest BCUT2D eigenvalue weighted by Crippen LogP contribution is 2.22. The molecule has 1 atom stereocenters. The normalized spacial score (nSPS) is 12.0. The topological polar surface area (TPSA) is 56.1 Å². The van der Waals surface area contributed by atoms with Gasteiger partial charge in [-0.05, 0) is 80.3 Å². The van der Waals surface area contributed by atoms with Gasteiger partial charge in [-0.15, -0.1) is 0 Å². The molecule has 0 fully saturated rings. The maximum atomic E-state index is 12.7. The van der Waals surface area contributed by atoms with Gasteiger partial charge in [0.25, 0.3) is 5.91 Å². The number of hydrogen-bond acceptors (Lipinski definition) is 3. The number of imidazole rings is 1. The molecule has 0 spiro atoms. The summed E-state index contributed by atoms with van der Waals surface area (Å²) in [6, 6.07) is 23.0. The zero-order chi connectivity index (χ0) is 23.9. The highest BCUT2D eigenvalue weighted by molar-refractivity contribution is 6.30. The standard InChI is InChI=1S/C28H30ClN3O2/c1-3-21-10-16-24(17-11-21)34-19-7-6-18-32-26-9-5-4-8-25(26)31-27(32)20(2)30-28(33)22-12-14-23(29)15-13-22/h4-5,8-17,20H,3,6-7,18-19H2,1-2H3,(H,30,33). The van der Waals surface area contributed by atoms with Gasteiger partial charge in [-0.1, -0.05) is 42.8 Å². The lowest BCUT2D eigenvalue weighted by molar-refractivity contribution is 0.0937. The Labute approximate surface area is 205 Å². The molecule has 1 heterocycles. The Morgan fingerprint density at radius 1 is 1.03 bits per heavy atom. The summed E-state index contributed by atoms with van der Waals surface area (Å²) in [7, 11) is 0. The lowest BCUT2D eigenvalue weighted by Gasteiger charge is -2.17. The Kier molecular flexibility index (Phi) is 7.86. The first-order valence-electron chi connectivity index (χ1n) is 11.8. The van der Waals surface area contributed by atoms with E-state index in [2.05, 4.69) is 35.0 Å². The van der Waals surface area contributed by atoms with E-state index in [1.807, 2.05) is 37.3 Å². The molecule has 0 aliphatic rings. The smallest absolute Gasteiger partial charge is 0.251 e. The van der Waals surface area contributed by atoms with E-state index in [1.54, 1.807) is 24.3 Å². The molecular weight excluding hydrogens is 446 g/mol. The minimum absolute atomic E-state index is 0.148. The fourth-order valence-electron chi connectivity index (χ4n) is 3.99. The lowest BCUT2D eigenvalue weighted by atomic mass is 10.2. The van der Waals surface area contributed by atoms with Gasteiger partial charge in [0.05, 0.1) is 23.7 Å². The van der Waals surface area contributed by atoms with Crippen molar-refractivity contribution in [3.8, 4) is 5.75 Å². The van der Waals surface area contributed by atoms with Gasteiger partial charge in [-0.3, -0.25) is 4.79 Å². The first kappa shape index (κ1) is 23.8. The molecule has 4 aromatic rings. The molecule has 176 valence electrons. The molecule has 3 aromatic carbocycles. The van der Waals surface area contributed by atoms with Crippen molar-refractivity contribution < 1.29 is 9.53 Å². The Bertz CT molecular complexity index is 1230. The first-order valence-corrected chi connectivity index (χ1v) is 12.2. The molecule has 5 nitrogen and oxygen atoms in total. The Hall–Kier alpha value is -3.31. The van der Waals surface area contributed by atoms with E-state index in [-0.39, 0.29) is 11.9 Å². The molecule has 0 saturated carbocycles. The Morgan fingerprint density at radius 3 is 2.50 bits per heavy atom. The second-order valence-corrected chi connectivity index (χ2v) is 8.80. The number of benzene rings is 3. The molecule has 6 heteroatoms. The quantitative estimate of drug-likeness (QED) is 0.263. The average molecular weight is 476 g/mol. The van der Waals surface area contributed by atoms with Crippen LogP contribution in [0.5, 0.6) is 5.75 Å². The van der Waals surface area contributed by atoms with E-state index in [4.69, 9.17) is 21.3 Å². The van der Waals surface area contributed by atoms with E-state index in [0.717, 1.165) is 48.4 Å². The average Bonchev–Trinajstić information content (AvgIpc) is 3.23. The zero-order valence-corrected chi connectivity index (χ0v) is 20.4. The fourth-order valence-corrected chi connectivity index (χ4v) is 4.11. The minimum atomic E-state index is -0.246. The summed E-state index contributed by atoms with van der Waals surface area (Å²) in [5.74, 6) is 1.61. The predicted molar refractivity (Wildman–Crippen MR) is 138 cm³/mol. The molecule has 0 aliphatic carbocycles. The van der Waals surface area contributed by atoms with Crippen molar-refractivity contribution in [1.29, 1.82) is 0 Å². The number of unbranched alkanes of at least 4 members (excludes halogenated alkanes) is 1. The van der Waals surface area contributed by atoms with Gasteiger partial charge < -0.3 is 14.6 Å². The van der Waals surface area contributed by atoms with Crippen LogP contribution < -0.4 is 10.1 Å². The molecule has 0 saturated heterocycles.